The number of fused-ring (bicyclic) bond motifs is 2. The van der Waals surface area contributed by atoms with Crippen molar-refractivity contribution in [2.24, 2.45) is 0 Å². The minimum atomic E-state index is -2.01. The summed E-state index contributed by atoms with van der Waals surface area (Å²) in [4.78, 5) is 0. The average molecular weight is 796 g/mol. The summed E-state index contributed by atoms with van der Waals surface area (Å²) >= 11 is 0. The van der Waals surface area contributed by atoms with E-state index < -0.39 is 8.07 Å². The van der Waals surface area contributed by atoms with Gasteiger partial charge in [-0.1, -0.05) is 151 Å². The van der Waals surface area contributed by atoms with Crippen molar-refractivity contribution in [3.05, 3.63) is 117 Å². The van der Waals surface area contributed by atoms with Gasteiger partial charge in [-0.05, 0) is 87.6 Å². The van der Waals surface area contributed by atoms with E-state index in [1.165, 1.54) is 66.6 Å². The Balaban J connectivity index is 0.00000187. The van der Waals surface area contributed by atoms with Gasteiger partial charge in [0.2, 0.25) is 0 Å². The van der Waals surface area contributed by atoms with Crippen LogP contribution in [0.1, 0.15) is 119 Å². The van der Waals surface area contributed by atoms with Crippen LogP contribution in [0.25, 0.3) is 39.1 Å². The Morgan fingerprint density at radius 3 is 1.66 bits per heavy atom. The van der Waals surface area contributed by atoms with Gasteiger partial charge in [0, 0.05) is 5.92 Å². The Labute approximate surface area is 334 Å². The van der Waals surface area contributed by atoms with Crippen LogP contribution in [-0.2, 0) is 37.0 Å². The fraction of sp³-hybridized carbons (Fsp3) is 0.370. The number of aryl methyl sites for hydroxylation is 1. The minimum Gasteiger partial charge on any atom is -1.00 e. The molecule has 1 aliphatic heterocycles. The molecule has 2 bridgehead atoms. The number of benzene rings is 4. The fourth-order valence-corrected chi connectivity index (χ4v) is 13.0. The molecule has 50 heavy (non-hydrogen) atoms. The molecule has 1 radical (unpaired) electrons. The molecule has 7 rings (SSSR count). The first kappa shape index (κ1) is 40.7. The predicted molar refractivity (Wildman–Crippen MR) is 210 cm³/mol. The van der Waals surface area contributed by atoms with Crippen molar-refractivity contribution in [2.75, 3.05) is 0 Å². The monoisotopic (exact) mass is 793 g/mol. The Morgan fingerprint density at radius 2 is 1.18 bits per heavy atom. The Hall–Kier alpha value is -2.09. The van der Waals surface area contributed by atoms with Gasteiger partial charge in [-0.2, -0.15) is 0 Å². The SMILES string of the molecule is CC1=Cc2c(cc(C)c(C)c2-c2ccc(C(C)(C)C)cc2)C1c1cc2[cH-]c(C(C)C)c3c2c(-c2ccc(C(C)(C)C)cc2)c1[Si]3(C)C.[Cl-].[Cl-].[Zr+3]. The van der Waals surface area contributed by atoms with Crippen molar-refractivity contribution in [2.45, 2.75) is 112 Å². The number of halogens is 2. The van der Waals surface area contributed by atoms with Crippen LogP contribution in [-0.4, -0.2) is 8.07 Å². The van der Waals surface area contributed by atoms with E-state index in [1.807, 2.05) is 0 Å². The Kier molecular flexibility index (Phi) is 11.2. The average Bonchev–Trinajstić information content (AvgIpc) is 3.59. The second-order valence-corrected chi connectivity index (χ2v) is 21.9. The summed E-state index contributed by atoms with van der Waals surface area (Å²) in [6.45, 7) is 30.9. The molecule has 0 spiro atoms. The maximum absolute atomic E-state index is 2.63. The Bertz CT molecular complexity index is 2110. The second-order valence-electron chi connectivity index (χ2n) is 17.6. The molecular formula is C46H53Cl2SiZr. The van der Waals surface area contributed by atoms with Gasteiger partial charge in [-0.3, -0.25) is 0 Å². The van der Waals surface area contributed by atoms with Crippen molar-refractivity contribution in [1.82, 2.24) is 0 Å². The summed E-state index contributed by atoms with van der Waals surface area (Å²) < 4.78 is 0. The zero-order valence-electron chi connectivity index (χ0n) is 32.3. The number of hydrogen-bond donors (Lipinski definition) is 0. The van der Waals surface area contributed by atoms with Crippen LogP contribution in [0.5, 0.6) is 0 Å². The normalized spacial score (nSPS) is 15.9. The topological polar surface area (TPSA) is 0 Å². The number of hydrogen-bond acceptors (Lipinski definition) is 0. The molecule has 0 amide bonds. The summed E-state index contributed by atoms with van der Waals surface area (Å²) in [6, 6.07) is 26.7. The molecule has 0 N–H and O–H groups in total. The van der Waals surface area contributed by atoms with Crippen molar-refractivity contribution >= 4 is 35.3 Å². The molecule has 0 saturated heterocycles. The van der Waals surface area contributed by atoms with Crippen molar-refractivity contribution in [3.63, 3.8) is 0 Å². The maximum Gasteiger partial charge on any atom is 3.00 e. The molecule has 2 aliphatic rings. The third-order valence-electron chi connectivity index (χ3n) is 11.6. The second kappa shape index (κ2) is 13.7. The van der Waals surface area contributed by atoms with Gasteiger partial charge in [-0.25, -0.2) is 0 Å². The summed E-state index contributed by atoms with van der Waals surface area (Å²) in [5, 5.41) is 6.35. The fourth-order valence-electron chi connectivity index (χ4n) is 8.91. The van der Waals surface area contributed by atoms with Gasteiger partial charge in [0.1, 0.15) is 0 Å². The molecule has 259 valence electrons. The van der Waals surface area contributed by atoms with Crippen LogP contribution in [0.2, 0.25) is 13.1 Å². The van der Waals surface area contributed by atoms with Crippen LogP contribution in [0, 0.1) is 13.8 Å². The van der Waals surface area contributed by atoms with E-state index in [4.69, 9.17) is 0 Å². The summed E-state index contributed by atoms with van der Waals surface area (Å²) in [7, 11) is -2.01. The standard InChI is InChI=1S/C46H53Si.2ClH.Zr/c1-26(2)35-24-32-25-38(44-41(42(32)43(35)47(44,12)13)31-16-20-34(21-17-31)46(9,10)11)39-28(4)23-37-36(39)22-27(3)29(5)40(37)30-14-18-33(19-15-30)45(6,7)8;;;/h14-26,39H,1-13H3;2*1H;/q-1;;;+3/p-2. The van der Waals surface area contributed by atoms with Gasteiger partial charge in [-0.15, -0.1) is 33.7 Å². The van der Waals surface area contributed by atoms with Gasteiger partial charge >= 0.3 is 26.2 Å². The third-order valence-corrected chi connectivity index (χ3v) is 15.1. The van der Waals surface area contributed by atoms with Gasteiger partial charge in [0.15, 0.2) is 0 Å². The number of allylic oxidation sites excluding steroid dienone is 1. The quantitative estimate of drug-likeness (QED) is 0.157. The molecule has 5 aromatic carbocycles. The first-order chi connectivity index (χ1) is 21.9. The van der Waals surface area contributed by atoms with E-state index in [-0.39, 0.29) is 67.8 Å². The minimum absolute atomic E-state index is 0. The molecular weight excluding hydrogens is 743 g/mol. The first-order valence-electron chi connectivity index (χ1n) is 17.8. The molecule has 5 aromatic rings. The third kappa shape index (κ3) is 6.23. The predicted octanol–water partition coefficient (Wildman–Crippen LogP) is 5.92. The molecule has 1 unspecified atom stereocenters. The van der Waals surface area contributed by atoms with E-state index in [9.17, 15) is 0 Å². The molecule has 0 fully saturated rings. The largest absolute Gasteiger partial charge is 3.00 e. The van der Waals surface area contributed by atoms with Crippen LogP contribution < -0.4 is 35.2 Å². The molecule has 0 nitrogen and oxygen atoms in total. The summed E-state index contributed by atoms with van der Waals surface area (Å²) in [6.07, 6.45) is 2.52. The number of rotatable bonds is 4. The van der Waals surface area contributed by atoms with Gasteiger partial charge < -0.3 is 24.8 Å². The van der Waals surface area contributed by atoms with Crippen LogP contribution in [0.15, 0.2) is 72.3 Å². The van der Waals surface area contributed by atoms with E-state index in [0.717, 1.165) is 0 Å². The molecule has 0 saturated carbocycles. The molecule has 1 atom stereocenters. The zero-order valence-corrected chi connectivity index (χ0v) is 37.3. The van der Waals surface area contributed by atoms with E-state index in [2.05, 4.69) is 162 Å². The van der Waals surface area contributed by atoms with Crippen LogP contribution >= 0.6 is 0 Å². The van der Waals surface area contributed by atoms with E-state index in [1.54, 1.807) is 26.9 Å². The molecule has 1 heterocycles. The Morgan fingerprint density at radius 1 is 0.680 bits per heavy atom. The first-order valence-corrected chi connectivity index (χ1v) is 20.8. The van der Waals surface area contributed by atoms with Crippen molar-refractivity contribution in [1.29, 1.82) is 0 Å². The molecule has 4 heteroatoms. The van der Waals surface area contributed by atoms with Crippen molar-refractivity contribution < 1.29 is 51.0 Å². The zero-order chi connectivity index (χ0) is 34.0. The smallest absolute Gasteiger partial charge is 1.00 e. The van der Waals surface area contributed by atoms with E-state index in [0.29, 0.717) is 5.92 Å². The molecule has 1 aliphatic carbocycles. The van der Waals surface area contributed by atoms with Crippen molar-refractivity contribution in [3.8, 4) is 22.3 Å². The maximum atomic E-state index is 2.63. The molecule has 0 aromatic heterocycles. The van der Waals surface area contributed by atoms with Gasteiger partial charge in [0.25, 0.3) is 0 Å². The summed E-state index contributed by atoms with van der Waals surface area (Å²) in [5.41, 5.74) is 19.0. The van der Waals surface area contributed by atoms with E-state index >= 15 is 0 Å². The summed E-state index contributed by atoms with van der Waals surface area (Å²) in [5.74, 6) is 0.794. The van der Waals surface area contributed by atoms with Crippen LogP contribution in [0.4, 0.5) is 0 Å². The van der Waals surface area contributed by atoms with Gasteiger partial charge in [0.05, 0.1) is 8.07 Å². The van der Waals surface area contributed by atoms with Crippen LogP contribution in [0.3, 0.4) is 0 Å².